The molecule has 0 saturated carbocycles. The summed E-state index contributed by atoms with van der Waals surface area (Å²) >= 11 is 0. The Hall–Kier alpha value is -3.62. The normalized spacial score (nSPS) is 10.4. The van der Waals surface area contributed by atoms with Crippen molar-refractivity contribution in [1.82, 2.24) is 4.98 Å². The number of hydrogen-bond acceptors (Lipinski definition) is 4. The van der Waals surface area contributed by atoms with Gasteiger partial charge in [0.25, 0.3) is 0 Å². The Morgan fingerprint density at radius 2 is 1.46 bits per heavy atom. The van der Waals surface area contributed by atoms with Crippen molar-refractivity contribution in [3.05, 3.63) is 126 Å². The standard InChI is InChI=1S/C25H18NO.C5H8O2.Pt/c1-18-7-9-20(10-8-18)24-16-15-23(17-26-24)19-11-13-22(14-12-19)25(27)21-5-3-2-4-6-21;1-4(6)3-5(2)7;/h2-9,11-17H,1H3;3,6H,1-2H3;/q-1;;/b;4-3-;. The number of hydrogen-bond donors (Lipinski definition) is 1. The summed E-state index contributed by atoms with van der Waals surface area (Å²) < 4.78 is 0. The SMILES string of the molecule is CC(=O)/C=C(/C)O.Cc1c[c-]c(-c2ccc(-c3ccc(C(=O)c4ccccc4)cc3)cn2)cc1.[Pt]. The number of aromatic nitrogens is 1. The van der Waals surface area contributed by atoms with E-state index in [9.17, 15) is 9.59 Å². The molecule has 4 aromatic rings. The van der Waals surface area contributed by atoms with Gasteiger partial charge in [-0.05, 0) is 30.7 Å². The summed E-state index contributed by atoms with van der Waals surface area (Å²) in [5, 5.41) is 8.36. The quantitative estimate of drug-likeness (QED) is 0.113. The molecule has 1 heterocycles. The van der Waals surface area contributed by atoms with Crippen molar-refractivity contribution in [3.63, 3.8) is 0 Å². The molecule has 0 aliphatic rings. The Morgan fingerprint density at radius 3 is 1.94 bits per heavy atom. The van der Waals surface area contributed by atoms with E-state index in [-0.39, 0.29) is 38.4 Å². The maximum absolute atomic E-state index is 12.5. The number of carbonyl (C=O) groups excluding carboxylic acids is 2. The van der Waals surface area contributed by atoms with E-state index in [1.807, 2.05) is 92.0 Å². The average molecular weight is 644 g/mol. The van der Waals surface area contributed by atoms with Gasteiger partial charge in [-0.15, -0.1) is 35.4 Å². The number of allylic oxidation sites excluding steroid dienone is 2. The van der Waals surface area contributed by atoms with Gasteiger partial charge >= 0.3 is 0 Å². The molecule has 1 N–H and O–H groups in total. The van der Waals surface area contributed by atoms with Crippen LogP contribution in [0.2, 0.25) is 0 Å². The molecule has 1 aromatic heterocycles. The Bertz CT molecular complexity index is 1270. The van der Waals surface area contributed by atoms with Crippen LogP contribution in [0, 0.1) is 13.0 Å². The third kappa shape index (κ3) is 8.27. The number of nitrogens with zero attached hydrogens (tertiary/aromatic N) is 1. The van der Waals surface area contributed by atoms with Gasteiger partial charge in [0, 0.05) is 44.5 Å². The number of ketones is 2. The number of carbonyl (C=O) groups is 2. The van der Waals surface area contributed by atoms with Crippen LogP contribution in [0.25, 0.3) is 22.4 Å². The maximum Gasteiger partial charge on any atom is 0.193 e. The number of aryl methyl sites for hydroxylation is 1. The maximum atomic E-state index is 12.5. The van der Waals surface area contributed by atoms with E-state index in [0.717, 1.165) is 22.4 Å². The smallest absolute Gasteiger partial charge is 0.193 e. The fourth-order valence-corrected chi connectivity index (χ4v) is 3.25. The minimum atomic E-state index is -0.125. The Labute approximate surface area is 220 Å². The number of rotatable bonds is 5. The summed E-state index contributed by atoms with van der Waals surface area (Å²) in [5.74, 6) is -0.0296. The second-order valence-corrected chi connectivity index (χ2v) is 7.88. The molecule has 0 fully saturated rings. The van der Waals surface area contributed by atoms with Crippen LogP contribution < -0.4 is 0 Å². The molecule has 0 amide bonds. The van der Waals surface area contributed by atoms with Crippen LogP contribution in [0.5, 0.6) is 0 Å². The van der Waals surface area contributed by atoms with Crippen molar-refractivity contribution in [3.8, 4) is 22.4 Å². The Kier molecular flexibility index (Phi) is 10.5. The summed E-state index contributed by atoms with van der Waals surface area (Å²) in [6.45, 7) is 4.89. The molecular weight excluding hydrogens is 617 g/mol. The van der Waals surface area contributed by atoms with Gasteiger partial charge in [0.2, 0.25) is 0 Å². The molecule has 4 nitrogen and oxygen atoms in total. The van der Waals surface area contributed by atoms with Gasteiger partial charge in [-0.2, -0.15) is 0 Å². The van der Waals surface area contributed by atoms with Crippen LogP contribution in [0.15, 0.2) is 103 Å². The third-order valence-electron chi connectivity index (χ3n) is 4.94. The summed E-state index contributed by atoms with van der Waals surface area (Å²) in [6, 6.07) is 30.3. The summed E-state index contributed by atoms with van der Waals surface area (Å²) in [7, 11) is 0. The first-order chi connectivity index (χ1) is 16.3. The second kappa shape index (κ2) is 13.3. The van der Waals surface area contributed by atoms with Crippen LogP contribution in [-0.2, 0) is 25.9 Å². The van der Waals surface area contributed by atoms with Crippen LogP contribution in [0.4, 0.5) is 0 Å². The van der Waals surface area contributed by atoms with E-state index in [4.69, 9.17) is 5.11 Å². The largest absolute Gasteiger partial charge is 0.512 e. The molecule has 4 rings (SSSR count). The van der Waals surface area contributed by atoms with Gasteiger partial charge in [-0.3, -0.25) is 9.59 Å². The molecule has 0 atom stereocenters. The minimum absolute atomic E-state index is 0. The van der Waals surface area contributed by atoms with Crippen molar-refractivity contribution in [2.45, 2.75) is 20.8 Å². The second-order valence-electron chi connectivity index (χ2n) is 7.88. The van der Waals surface area contributed by atoms with Gasteiger partial charge in [-0.25, -0.2) is 0 Å². The molecular formula is C30H26NO3Pt-. The third-order valence-corrected chi connectivity index (χ3v) is 4.94. The van der Waals surface area contributed by atoms with E-state index < -0.39 is 0 Å². The predicted octanol–water partition coefficient (Wildman–Crippen LogP) is 6.79. The van der Waals surface area contributed by atoms with E-state index >= 15 is 0 Å². The Morgan fingerprint density at radius 1 is 0.829 bits per heavy atom. The first-order valence-electron chi connectivity index (χ1n) is 10.9. The predicted molar refractivity (Wildman–Crippen MR) is 136 cm³/mol. The van der Waals surface area contributed by atoms with Crippen LogP contribution in [0.1, 0.15) is 35.3 Å². The van der Waals surface area contributed by atoms with Crippen LogP contribution >= 0.6 is 0 Å². The molecule has 0 bridgehead atoms. The Balaban J connectivity index is 0.000000476. The number of aliphatic hydroxyl groups excluding tert-OH is 1. The molecule has 0 saturated heterocycles. The minimum Gasteiger partial charge on any atom is -0.512 e. The molecule has 180 valence electrons. The summed E-state index contributed by atoms with van der Waals surface area (Å²) in [6.07, 6.45) is 3.02. The monoisotopic (exact) mass is 643 g/mol. The van der Waals surface area contributed by atoms with Crippen LogP contribution in [0.3, 0.4) is 0 Å². The summed E-state index contributed by atoms with van der Waals surface area (Å²) in [5.41, 5.74) is 6.50. The number of pyridine rings is 1. The summed E-state index contributed by atoms with van der Waals surface area (Å²) in [4.78, 5) is 27.1. The first kappa shape index (κ1) is 27.6. The van der Waals surface area contributed by atoms with E-state index in [2.05, 4.69) is 17.1 Å². The average Bonchev–Trinajstić information content (AvgIpc) is 2.84. The fraction of sp³-hybridized carbons (Fsp3) is 0.100. The van der Waals surface area contributed by atoms with Gasteiger partial charge in [0.05, 0.1) is 5.76 Å². The van der Waals surface area contributed by atoms with Gasteiger partial charge in [0.1, 0.15) is 0 Å². The molecule has 0 radical (unpaired) electrons. The molecule has 0 aliphatic heterocycles. The van der Waals surface area contributed by atoms with E-state index in [1.54, 1.807) is 0 Å². The van der Waals surface area contributed by atoms with Crippen molar-refractivity contribution >= 4 is 11.6 Å². The van der Waals surface area contributed by atoms with Crippen molar-refractivity contribution in [1.29, 1.82) is 0 Å². The topological polar surface area (TPSA) is 67.3 Å². The van der Waals surface area contributed by atoms with Crippen molar-refractivity contribution in [2.75, 3.05) is 0 Å². The van der Waals surface area contributed by atoms with Gasteiger partial charge in [-0.1, -0.05) is 73.7 Å². The molecule has 0 unspecified atom stereocenters. The zero-order valence-electron chi connectivity index (χ0n) is 19.8. The van der Waals surface area contributed by atoms with E-state index in [1.165, 1.54) is 25.5 Å². The number of benzene rings is 3. The zero-order valence-corrected chi connectivity index (χ0v) is 22.0. The molecule has 35 heavy (non-hydrogen) atoms. The zero-order chi connectivity index (χ0) is 24.5. The molecule has 0 spiro atoms. The van der Waals surface area contributed by atoms with Crippen molar-refractivity contribution in [2.24, 2.45) is 0 Å². The van der Waals surface area contributed by atoms with Gasteiger partial charge in [0.15, 0.2) is 11.6 Å². The van der Waals surface area contributed by atoms with Crippen LogP contribution in [-0.4, -0.2) is 21.7 Å². The van der Waals surface area contributed by atoms with E-state index in [0.29, 0.717) is 11.1 Å². The molecule has 5 heteroatoms. The number of aliphatic hydroxyl groups is 1. The van der Waals surface area contributed by atoms with Gasteiger partial charge < -0.3 is 10.1 Å². The van der Waals surface area contributed by atoms with Crippen molar-refractivity contribution < 1.29 is 35.8 Å². The molecule has 3 aromatic carbocycles. The fourth-order valence-electron chi connectivity index (χ4n) is 3.25. The first-order valence-corrected chi connectivity index (χ1v) is 10.9. The molecule has 0 aliphatic carbocycles.